The van der Waals surface area contributed by atoms with Gasteiger partial charge in [-0.2, -0.15) is 0 Å². The van der Waals surface area contributed by atoms with E-state index in [1.807, 2.05) is 0 Å². The van der Waals surface area contributed by atoms with Crippen LogP contribution in [0, 0.1) is 5.92 Å². The first-order valence-electron chi connectivity index (χ1n) is 9.16. The van der Waals surface area contributed by atoms with Crippen molar-refractivity contribution in [3.05, 3.63) is 35.5 Å². The molecule has 0 bridgehead atoms. The number of rotatable bonds is 4. The Morgan fingerprint density at radius 1 is 1.35 bits per heavy atom. The Labute approximate surface area is 139 Å². The van der Waals surface area contributed by atoms with Gasteiger partial charge in [-0.15, -0.1) is 0 Å². The monoisotopic (exact) mass is 311 g/mol. The van der Waals surface area contributed by atoms with Crippen LogP contribution in [0.4, 0.5) is 0 Å². The maximum atomic E-state index is 3.59. The maximum absolute atomic E-state index is 3.59. The number of aromatic amines is 1. The van der Waals surface area contributed by atoms with Gasteiger partial charge in [0.15, 0.2) is 0 Å². The zero-order chi connectivity index (χ0) is 16.0. The van der Waals surface area contributed by atoms with Crippen molar-refractivity contribution in [1.82, 2.24) is 15.2 Å². The summed E-state index contributed by atoms with van der Waals surface area (Å²) in [6.07, 6.45) is 6.08. The predicted molar refractivity (Wildman–Crippen MR) is 97.0 cm³/mol. The molecule has 3 heteroatoms. The van der Waals surface area contributed by atoms with Crippen LogP contribution < -0.4 is 5.32 Å². The number of likely N-dealkylation sites (tertiary alicyclic amines) is 1. The molecule has 1 aromatic heterocycles. The summed E-state index contributed by atoms with van der Waals surface area (Å²) in [7, 11) is 2.33. The van der Waals surface area contributed by atoms with E-state index in [2.05, 4.69) is 60.5 Å². The maximum Gasteiger partial charge on any atom is 0.0459 e. The van der Waals surface area contributed by atoms with Crippen molar-refractivity contribution in [2.24, 2.45) is 5.92 Å². The number of nitrogens with zero attached hydrogens (tertiary/aromatic N) is 1. The highest BCUT2D eigenvalue weighted by molar-refractivity contribution is 5.88. The molecule has 3 nitrogen and oxygen atoms in total. The first kappa shape index (κ1) is 15.2. The molecular weight excluding hydrogens is 282 g/mol. The number of aromatic nitrogens is 1. The fourth-order valence-corrected chi connectivity index (χ4v) is 4.84. The van der Waals surface area contributed by atoms with Crippen LogP contribution in [0.1, 0.15) is 43.7 Å². The smallest absolute Gasteiger partial charge is 0.0459 e. The lowest BCUT2D eigenvalue weighted by Gasteiger charge is -2.45. The standard InChI is InChI=1S/C20H29N3/c1-13(2)21-8-7-14-9-17-16-5-4-6-18-20(16)15(11-22-18)10-19(17)23(3)12-14/h4-6,11,13-14,17,19,21-22H,7-10,12H2,1-3H3/t14-,17-,19-/m1/s1. The zero-order valence-electron chi connectivity index (χ0n) is 14.6. The molecular formula is C20H29N3. The molecule has 0 saturated carbocycles. The van der Waals surface area contributed by atoms with Crippen LogP contribution in [-0.2, 0) is 6.42 Å². The van der Waals surface area contributed by atoms with Gasteiger partial charge in [0.2, 0.25) is 0 Å². The number of hydrogen-bond donors (Lipinski definition) is 2. The van der Waals surface area contributed by atoms with Crippen molar-refractivity contribution in [1.29, 1.82) is 0 Å². The normalized spacial score (nSPS) is 27.6. The van der Waals surface area contributed by atoms with Crippen molar-refractivity contribution in [3.8, 4) is 0 Å². The van der Waals surface area contributed by atoms with Crippen molar-refractivity contribution >= 4 is 10.9 Å². The molecule has 0 amide bonds. The minimum Gasteiger partial charge on any atom is -0.361 e. The van der Waals surface area contributed by atoms with E-state index in [9.17, 15) is 0 Å². The highest BCUT2D eigenvalue weighted by Gasteiger charge is 2.39. The van der Waals surface area contributed by atoms with E-state index in [1.54, 1.807) is 5.56 Å². The van der Waals surface area contributed by atoms with Crippen LogP contribution in [-0.4, -0.2) is 42.1 Å². The molecule has 1 aromatic carbocycles. The van der Waals surface area contributed by atoms with Crippen LogP contribution in [0.3, 0.4) is 0 Å². The van der Waals surface area contributed by atoms with Crippen molar-refractivity contribution in [3.63, 3.8) is 0 Å². The topological polar surface area (TPSA) is 31.1 Å². The molecule has 2 heterocycles. The van der Waals surface area contributed by atoms with Gasteiger partial charge in [0.25, 0.3) is 0 Å². The lowest BCUT2D eigenvalue weighted by atomic mass is 9.72. The zero-order valence-corrected chi connectivity index (χ0v) is 14.6. The minimum atomic E-state index is 0.593. The number of H-pyrrole nitrogens is 1. The summed E-state index contributed by atoms with van der Waals surface area (Å²) in [5.74, 6) is 1.51. The second kappa shape index (κ2) is 5.95. The Bertz CT molecular complexity index is 687. The number of nitrogens with one attached hydrogen (secondary N) is 2. The van der Waals surface area contributed by atoms with Gasteiger partial charge in [-0.05, 0) is 56.0 Å². The SMILES string of the molecule is CC(C)NCC[C@@H]1C[C@@H]2c3cccc4[nH]cc(c34)C[C@H]2N(C)C1. The van der Waals surface area contributed by atoms with Gasteiger partial charge in [-0.3, -0.25) is 0 Å². The average molecular weight is 311 g/mol. The molecule has 2 N–H and O–H groups in total. The van der Waals surface area contributed by atoms with Gasteiger partial charge in [0.05, 0.1) is 0 Å². The molecule has 124 valence electrons. The summed E-state index contributed by atoms with van der Waals surface area (Å²) in [4.78, 5) is 6.10. The predicted octanol–water partition coefficient (Wildman–Crippen LogP) is 3.52. The molecule has 1 aliphatic carbocycles. The van der Waals surface area contributed by atoms with Gasteiger partial charge >= 0.3 is 0 Å². The molecule has 1 aliphatic heterocycles. The van der Waals surface area contributed by atoms with Crippen molar-refractivity contribution < 1.29 is 0 Å². The number of likely N-dealkylation sites (N-methyl/N-ethyl adjacent to an activating group) is 1. The fraction of sp³-hybridized carbons (Fsp3) is 0.600. The Hall–Kier alpha value is -1.32. The van der Waals surface area contributed by atoms with E-state index in [4.69, 9.17) is 0 Å². The molecule has 0 unspecified atom stereocenters. The number of fused-ring (bicyclic) bond motifs is 2. The molecule has 4 rings (SSSR count). The lowest BCUT2D eigenvalue weighted by molar-refractivity contribution is 0.107. The molecule has 23 heavy (non-hydrogen) atoms. The third kappa shape index (κ3) is 2.70. The second-order valence-corrected chi connectivity index (χ2v) is 7.90. The Kier molecular flexibility index (Phi) is 3.94. The Morgan fingerprint density at radius 2 is 2.22 bits per heavy atom. The highest BCUT2D eigenvalue weighted by atomic mass is 15.1. The summed E-state index contributed by atoms with van der Waals surface area (Å²) in [5, 5.41) is 5.10. The average Bonchev–Trinajstić information content (AvgIpc) is 2.93. The van der Waals surface area contributed by atoms with Crippen molar-refractivity contribution in [2.75, 3.05) is 20.1 Å². The van der Waals surface area contributed by atoms with Gasteiger partial charge in [0, 0.05) is 41.6 Å². The van der Waals surface area contributed by atoms with Crippen LogP contribution in [0.25, 0.3) is 10.9 Å². The molecule has 1 fully saturated rings. The second-order valence-electron chi connectivity index (χ2n) is 7.90. The number of hydrogen-bond acceptors (Lipinski definition) is 2. The van der Waals surface area contributed by atoms with Gasteiger partial charge < -0.3 is 15.2 Å². The van der Waals surface area contributed by atoms with Crippen LogP contribution in [0.5, 0.6) is 0 Å². The number of benzene rings is 1. The Balaban J connectivity index is 1.58. The molecule has 0 spiro atoms. The summed E-state index contributed by atoms with van der Waals surface area (Å²) in [6, 6.07) is 8.09. The highest BCUT2D eigenvalue weighted by Crippen LogP contribution is 2.44. The fourth-order valence-electron chi connectivity index (χ4n) is 4.84. The summed E-state index contributed by atoms with van der Waals surface area (Å²) in [5.41, 5.74) is 4.43. The van der Waals surface area contributed by atoms with Gasteiger partial charge in [0.1, 0.15) is 0 Å². The summed E-state index contributed by atoms with van der Waals surface area (Å²) < 4.78 is 0. The quantitative estimate of drug-likeness (QED) is 0.905. The molecule has 1 saturated heterocycles. The van der Waals surface area contributed by atoms with Crippen LogP contribution >= 0.6 is 0 Å². The van der Waals surface area contributed by atoms with Crippen LogP contribution in [0.2, 0.25) is 0 Å². The minimum absolute atomic E-state index is 0.593. The first-order valence-corrected chi connectivity index (χ1v) is 9.16. The third-order valence-electron chi connectivity index (χ3n) is 5.92. The molecule has 2 aliphatic rings. The molecule has 0 radical (unpaired) electrons. The van der Waals surface area contributed by atoms with Crippen LogP contribution in [0.15, 0.2) is 24.4 Å². The van der Waals surface area contributed by atoms with E-state index in [0.29, 0.717) is 18.0 Å². The van der Waals surface area contributed by atoms with Gasteiger partial charge in [-0.1, -0.05) is 26.0 Å². The number of piperidine rings is 1. The summed E-state index contributed by atoms with van der Waals surface area (Å²) >= 11 is 0. The van der Waals surface area contributed by atoms with E-state index >= 15 is 0 Å². The van der Waals surface area contributed by atoms with E-state index in [0.717, 1.165) is 12.5 Å². The lowest BCUT2D eigenvalue weighted by Crippen LogP contribution is -2.48. The van der Waals surface area contributed by atoms with E-state index < -0.39 is 0 Å². The Morgan fingerprint density at radius 3 is 3.04 bits per heavy atom. The first-order chi connectivity index (χ1) is 11.1. The largest absolute Gasteiger partial charge is 0.361 e. The van der Waals surface area contributed by atoms with Gasteiger partial charge in [-0.25, -0.2) is 0 Å². The molecule has 3 atom stereocenters. The summed E-state index contributed by atoms with van der Waals surface area (Å²) in [6.45, 7) is 6.86. The third-order valence-corrected chi connectivity index (χ3v) is 5.92. The van der Waals surface area contributed by atoms with E-state index in [1.165, 1.54) is 42.3 Å². The molecule has 2 aromatic rings. The van der Waals surface area contributed by atoms with E-state index in [-0.39, 0.29) is 0 Å². The van der Waals surface area contributed by atoms with Crippen molar-refractivity contribution in [2.45, 2.75) is 51.1 Å².